The highest BCUT2D eigenvalue weighted by Crippen LogP contribution is 2.24. The zero-order valence-electron chi connectivity index (χ0n) is 12.5. The number of halogens is 1. The highest BCUT2D eigenvalue weighted by molar-refractivity contribution is 9.10. The number of amides is 1. The number of hydrogen-bond acceptors (Lipinski definition) is 1. The number of aryl methyl sites for hydroxylation is 1. The summed E-state index contributed by atoms with van der Waals surface area (Å²) >= 11 is 3.46. The molecule has 0 spiro atoms. The summed E-state index contributed by atoms with van der Waals surface area (Å²) in [6.07, 6.45) is 6.13. The molecule has 110 valence electrons. The van der Waals surface area contributed by atoms with Crippen LogP contribution in [0.4, 0.5) is 0 Å². The van der Waals surface area contributed by atoms with E-state index in [0.717, 1.165) is 47.4 Å². The summed E-state index contributed by atoms with van der Waals surface area (Å²) in [7, 11) is 0. The molecule has 1 amide bonds. The molecule has 0 radical (unpaired) electrons. The van der Waals surface area contributed by atoms with Crippen LogP contribution in [-0.2, 0) is 0 Å². The van der Waals surface area contributed by atoms with Gasteiger partial charge in [-0.05, 0) is 49.8 Å². The molecular formula is C17H24BrNO. The van der Waals surface area contributed by atoms with E-state index in [1.807, 2.05) is 30.0 Å². The van der Waals surface area contributed by atoms with Gasteiger partial charge < -0.3 is 4.90 Å². The minimum absolute atomic E-state index is 0.195. The summed E-state index contributed by atoms with van der Waals surface area (Å²) in [6.45, 7) is 6.08. The second kappa shape index (κ2) is 7.26. The smallest absolute Gasteiger partial charge is 0.254 e. The predicted octanol–water partition coefficient (Wildman–Crippen LogP) is 4.80. The van der Waals surface area contributed by atoms with E-state index < -0.39 is 0 Å². The van der Waals surface area contributed by atoms with Gasteiger partial charge in [0.1, 0.15) is 0 Å². The Morgan fingerprint density at radius 1 is 1.35 bits per heavy atom. The van der Waals surface area contributed by atoms with Crippen LogP contribution in [0, 0.1) is 12.8 Å². The second-order valence-electron chi connectivity index (χ2n) is 5.84. The first kappa shape index (κ1) is 15.6. The van der Waals surface area contributed by atoms with Crippen LogP contribution >= 0.6 is 15.9 Å². The molecule has 2 nitrogen and oxygen atoms in total. The summed E-state index contributed by atoms with van der Waals surface area (Å²) in [4.78, 5) is 14.7. The van der Waals surface area contributed by atoms with E-state index in [4.69, 9.17) is 0 Å². The molecule has 0 N–H and O–H groups in total. The quantitative estimate of drug-likeness (QED) is 0.775. The predicted molar refractivity (Wildman–Crippen MR) is 87.0 cm³/mol. The van der Waals surface area contributed by atoms with Crippen molar-refractivity contribution in [3.8, 4) is 0 Å². The van der Waals surface area contributed by atoms with Crippen LogP contribution < -0.4 is 0 Å². The minimum atomic E-state index is 0.195. The SMILES string of the molecule is CCCC1CCCN(C(=O)c2cc(Br)ccc2C)CC1. The topological polar surface area (TPSA) is 20.3 Å². The Balaban J connectivity index is 2.07. The van der Waals surface area contributed by atoms with Crippen molar-refractivity contribution in [3.63, 3.8) is 0 Å². The van der Waals surface area contributed by atoms with Crippen molar-refractivity contribution in [1.82, 2.24) is 4.90 Å². The van der Waals surface area contributed by atoms with Crippen LogP contribution in [0.15, 0.2) is 22.7 Å². The Bertz CT molecular complexity index is 472. The van der Waals surface area contributed by atoms with Gasteiger partial charge in [0, 0.05) is 23.1 Å². The van der Waals surface area contributed by atoms with E-state index in [2.05, 4.69) is 22.9 Å². The largest absolute Gasteiger partial charge is 0.339 e. The molecule has 1 aromatic carbocycles. The van der Waals surface area contributed by atoms with Crippen LogP contribution in [0.5, 0.6) is 0 Å². The van der Waals surface area contributed by atoms with E-state index >= 15 is 0 Å². The first-order valence-electron chi connectivity index (χ1n) is 7.67. The van der Waals surface area contributed by atoms with Crippen molar-refractivity contribution < 1.29 is 4.79 Å². The van der Waals surface area contributed by atoms with Crippen molar-refractivity contribution in [3.05, 3.63) is 33.8 Å². The first-order valence-corrected chi connectivity index (χ1v) is 8.46. The van der Waals surface area contributed by atoms with Gasteiger partial charge in [-0.1, -0.05) is 41.8 Å². The Morgan fingerprint density at radius 2 is 2.15 bits per heavy atom. The van der Waals surface area contributed by atoms with E-state index in [0.29, 0.717) is 0 Å². The van der Waals surface area contributed by atoms with Crippen LogP contribution in [-0.4, -0.2) is 23.9 Å². The molecule has 1 saturated heterocycles. The maximum absolute atomic E-state index is 12.7. The molecule has 2 rings (SSSR count). The molecule has 0 saturated carbocycles. The highest BCUT2D eigenvalue weighted by atomic mass is 79.9. The molecule has 1 unspecified atom stereocenters. The third-order valence-electron chi connectivity index (χ3n) is 4.26. The average Bonchev–Trinajstić information content (AvgIpc) is 2.67. The molecule has 1 heterocycles. The van der Waals surface area contributed by atoms with Gasteiger partial charge in [-0.15, -0.1) is 0 Å². The molecule has 0 bridgehead atoms. The standard InChI is InChI=1S/C17H24BrNO/c1-3-5-14-6-4-10-19(11-9-14)17(20)16-12-15(18)8-7-13(16)2/h7-8,12,14H,3-6,9-11H2,1-2H3. The maximum Gasteiger partial charge on any atom is 0.254 e. The number of hydrogen-bond donors (Lipinski definition) is 0. The molecule has 1 aliphatic rings. The summed E-state index contributed by atoms with van der Waals surface area (Å²) < 4.78 is 0.977. The van der Waals surface area contributed by atoms with E-state index in [1.165, 1.54) is 19.3 Å². The van der Waals surface area contributed by atoms with Crippen molar-refractivity contribution in [2.75, 3.05) is 13.1 Å². The van der Waals surface area contributed by atoms with E-state index in [-0.39, 0.29) is 5.91 Å². The molecule has 0 aromatic heterocycles. The molecule has 1 fully saturated rings. The third-order valence-corrected chi connectivity index (χ3v) is 4.76. The van der Waals surface area contributed by atoms with Crippen molar-refractivity contribution >= 4 is 21.8 Å². The van der Waals surface area contributed by atoms with E-state index in [9.17, 15) is 4.79 Å². The first-order chi connectivity index (χ1) is 9.61. The summed E-state index contributed by atoms with van der Waals surface area (Å²) in [6, 6.07) is 5.95. The molecule has 0 aliphatic carbocycles. The number of benzene rings is 1. The van der Waals surface area contributed by atoms with Crippen LogP contribution in [0.2, 0.25) is 0 Å². The lowest BCUT2D eigenvalue weighted by Crippen LogP contribution is -2.32. The molecule has 3 heteroatoms. The summed E-state index contributed by atoms with van der Waals surface area (Å²) in [5.74, 6) is 1.00. The van der Waals surface area contributed by atoms with Crippen molar-refractivity contribution in [1.29, 1.82) is 0 Å². The Hall–Kier alpha value is -0.830. The zero-order valence-corrected chi connectivity index (χ0v) is 14.1. The highest BCUT2D eigenvalue weighted by Gasteiger charge is 2.22. The van der Waals surface area contributed by atoms with Gasteiger partial charge in [0.25, 0.3) is 5.91 Å². The fourth-order valence-electron chi connectivity index (χ4n) is 3.06. The Kier molecular flexibility index (Phi) is 5.64. The van der Waals surface area contributed by atoms with Crippen LogP contribution in [0.1, 0.15) is 54.9 Å². The second-order valence-corrected chi connectivity index (χ2v) is 6.75. The lowest BCUT2D eigenvalue weighted by Gasteiger charge is -2.22. The molecule has 1 atom stereocenters. The Morgan fingerprint density at radius 3 is 2.90 bits per heavy atom. The third kappa shape index (κ3) is 3.85. The fourth-order valence-corrected chi connectivity index (χ4v) is 3.42. The summed E-state index contributed by atoms with van der Waals surface area (Å²) in [5.41, 5.74) is 1.90. The number of likely N-dealkylation sites (tertiary alicyclic amines) is 1. The van der Waals surface area contributed by atoms with Crippen molar-refractivity contribution in [2.45, 2.75) is 46.0 Å². The molecule has 1 aliphatic heterocycles. The lowest BCUT2D eigenvalue weighted by atomic mass is 9.96. The van der Waals surface area contributed by atoms with Crippen LogP contribution in [0.3, 0.4) is 0 Å². The van der Waals surface area contributed by atoms with Gasteiger partial charge in [0.2, 0.25) is 0 Å². The number of rotatable bonds is 3. The van der Waals surface area contributed by atoms with Gasteiger partial charge in [0.15, 0.2) is 0 Å². The van der Waals surface area contributed by atoms with Gasteiger partial charge >= 0.3 is 0 Å². The van der Waals surface area contributed by atoms with Crippen molar-refractivity contribution in [2.24, 2.45) is 5.92 Å². The van der Waals surface area contributed by atoms with E-state index in [1.54, 1.807) is 0 Å². The van der Waals surface area contributed by atoms with Gasteiger partial charge in [-0.3, -0.25) is 4.79 Å². The van der Waals surface area contributed by atoms with Gasteiger partial charge in [-0.2, -0.15) is 0 Å². The van der Waals surface area contributed by atoms with Crippen LogP contribution in [0.25, 0.3) is 0 Å². The lowest BCUT2D eigenvalue weighted by molar-refractivity contribution is 0.0759. The average molecular weight is 338 g/mol. The normalized spacial score (nSPS) is 19.8. The fraction of sp³-hybridized carbons (Fsp3) is 0.588. The number of carbonyl (C=O) groups excluding carboxylic acids is 1. The molecule has 1 aromatic rings. The molecule has 20 heavy (non-hydrogen) atoms. The zero-order chi connectivity index (χ0) is 14.5. The Labute approximate surface area is 130 Å². The molecular weight excluding hydrogens is 314 g/mol. The van der Waals surface area contributed by atoms with Gasteiger partial charge in [-0.25, -0.2) is 0 Å². The monoisotopic (exact) mass is 337 g/mol. The number of nitrogens with zero attached hydrogens (tertiary/aromatic N) is 1. The van der Waals surface area contributed by atoms with Gasteiger partial charge in [0.05, 0.1) is 0 Å². The maximum atomic E-state index is 12.7. The minimum Gasteiger partial charge on any atom is -0.339 e. The summed E-state index contributed by atoms with van der Waals surface area (Å²) in [5, 5.41) is 0. The number of carbonyl (C=O) groups is 1.